The Kier molecular flexibility index (Phi) is 3.17. The third kappa shape index (κ3) is 2.28. The summed E-state index contributed by atoms with van der Waals surface area (Å²) in [5.41, 5.74) is 0.573. The van der Waals surface area contributed by atoms with Crippen molar-refractivity contribution in [1.29, 1.82) is 0 Å². The van der Waals surface area contributed by atoms with Crippen molar-refractivity contribution in [3.05, 3.63) is 35.1 Å². The largest absolute Gasteiger partial charge is 0.340 e. The van der Waals surface area contributed by atoms with E-state index in [1.807, 2.05) is 4.90 Å². The number of pyridine rings is 1. The number of likely N-dealkylation sites (tertiary alicyclic amines) is 1. The van der Waals surface area contributed by atoms with E-state index in [-0.39, 0.29) is 23.4 Å². The van der Waals surface area contributed by atoms with Gasteiger partial charge in [0.05, 0.1) is 29.5 Å². The second-order valence-electron chi connectivity index (χ2n) is 6.20. The van der Waals surface area contributed by atoms with Crippen molar-refractivity contribution in [2.45, 2.75) is 31.7 Å². The predicted octanol–water partition coefficient (Wildman–Crippen LogP) is 1.36. The first-order valence-electron chi connectivity index (χ1n) is 7.83. The normalized spacial score (nSPS) is 22.0. The smallest absolute Gasteiger partial charge is 0.261 e. The zero-order valence-electron chi connectivity index (χ0n) is 12.3. The summed E-state index contributed by atoms with van der Waals surface area (Å²) < 4.78 is 1.69. The maximum atomic E-state index is 12.6. The molecule has 2 fully saturated rings. The molecule has 1 amide bonds. The van der Waals surface area contributed by atoms with Gasteiger partial charge in [0.1, 0.15) is 0 Å². The van der Waals surface area contributed by atoms with E-state index in [0.29, 0.717) is 17.4 Å². The zero-order valence-corrected chi connectivity index (χ0v) is 12.3. The van der Waals surface area contributed by atoms with Gasteiger partial charge in [-0.2, -0.15) is 0 Å². The molecule has 2 aromatic rings. The fourth-order valence-electron chi connectivity index (χ4n) is 3.22. The molecular formula is C16H18N4O2. The molecule has 0 aromatic carbocycles. The fraction of sp³-hybridized carbons (Fsp3) is 0.500. The summed E-state index contributed by atoms with van der Waals surface area (Å²) in [7, 11) is 0. The standard InChI is InChI=1S/C16H18N4O2/c21-15(11-3-4-11)19-7-1-2-12(9-19)20-10-18-14-8-17-6-5-13(14)16(20)22/h5-6,8,10-12H,1-4,7,9H2/t12-/m1/s1. The number of hydrogen-bond donors (Lipinski definition) is 0. The van der Waals surface area contributed by atoms with Crippen LogP contribution < -0.4 is 5.56 Å². The molecule has 22 heavy (non-hydrogen) atoms. The Morgan fingerprint density at radius 3 is 2.95 bits per heavy atom. The molecule has 6 nitrogen and oxygen atoms in total. The lowest BCUT2D eigenvalue weighted by Gasteiger charge is -2.33. The molecule has 1 aliphatic heterocycles. The van der Waals surface area contributed by atoms with E-state index in [1.54, 1.807) is 29.4 Å². The Morgan fingerprint density at radius 2 is 2.14 bits per heavy atom. The molecule has 2 aliphatic rings. The molecule has 2 aromatic heterocycles. The van der Waals surface area contributed by atoms with Crippen LogP contribution in [0.5, 0.6) is 0 Å². The summed E-state index contributed by atoms with van der Waals surface area (Å²) in [6.07, 6.45) is 8.69. The molecule has 1 atom stereocenters. The first-order chi connectivity index (χ1) is 10.7. The maximum absolute atomic E-state index is 12.6. The minimum absolute atomic E-state index is 0.0222. The summed E-state index contributed by atoms with van der Waals surface area (Å²) in [6.45, 7) is 1.43. The van der Waals surface area contributed by atoms with Gasteiger partial charge in [-0.3, -0.25) is 19.1 Å². The molecule has 0 bridgehead atoms. The number of piperidine rings is 1. The van der Waals surface area contributed by atoms with Crippen molar-refractivity contribution >= 4 is 16.8 Å². The van der Waals surface area contributed by atoms with E-state index in [0.717, 1.165) is 32.2 Å². The van der Waals surface area contributed by atoms with Gasteiger partial charge in [0.15, 0.2) is 0 Å². The fourth-order valence-corrected chi connectivity index (χ4v) is 3.22. The number of rotatable bonds is 2. The summed E-state index contributed by atoms with van der Waals surface area (Å²) in [6, 6.07) is 1.73. The molecule has 1 saturated heterocycles. The van der Waals surface area contributed by atoms with Crippen molar-refractivity contribution in [2.24, 2.45) is 5.92 Å². The van der Waals surface area contributed by atoms with Gasteiger partial charge >= 0.3 is 0 Å². The lowest BCUT2D eigenvalue weighted by molar-refractivity contribution is -0.134. The van der Waals surface area contributed by atoms with Gasteiger partial charge in [-0.15, -0.1) is 0 Å². The second kappa shape index (κ2) is 5.19. The first kappa shape index (κ1) is 13.4. The van der Waals surface area contributed by atoms with Crippen LogP contribution in [0, 0.1) is 5.92 Å². The van der Waals surface area contributed by atoms with Gasteiger partial charge < -0.3 is 4.90 Å². The topological polar surface area (TPSA) is 68.1 Å². The maximum Gasteiger partial charge on any atom is 0.261 e. The van der Waals surface area contributed by atoms with E-state index in [1.165, 1.54) is 0 Å². The molecule has 0 unspecified atom stereocenters. The minimum Gasteiger partial charge on any atom is -0.340 e. The number of nitrogens with zero attached hydrogens (tertiary/aromatic N) is 4. The summed E-state index contributed by atoms with van der Waals surface area (Å²) in [4.78, 5) is 35.1. The molecule has 0 N–H and O–H groups in total. The Bertz CT molecular complexity index is 781. The molecule has 1 saturated carbocycles. The summed E-state index contributed by atoms with van der Waals surface area (Å²) >= 11 is 0. The van der Waals surface area contributed by atoms with E-state index < -0.39 is 0 Å². The monoisotopic (exact) mass is 298 g/mol. The number of aromatic nitrogens is 3. The van der Waals surface area contributed by atoms with Gasteiger partial charge in [0, 0.05) is 25.2 Å². The summed E-state index contributed by atoms with van der Waals surface area (Å²) in [5, 5.41) is 0.586. The van der Waals surface area contributed by atoms with E-state index in [4.69, 9.17) is 0 Å². The van der Waals surface area contributed by atoms with Crippen molar-refractivity contribution < 1.29 is 4.79 Å². The molecule has 6 heteroatoms. The average Bonchev–Trinajstić information content (AvgIpc) is 3.40. The highest BCUT2D eigenvalue weighted by molar-refractivity contribution is 5.81. The average molecular weight is 298 g/mol. The van der Waals surface area contributed by atoms with E-state index >= 15 is 0 Å². The van der Waals surface area contributed by atoms with Crippen LogP contribution in [-0.4, -0.2) is 38.4 Å². The molecule has 0 radical (unpaired) electrons. The SMILES string of the molecule is O=C(C1CC1)N1CCC[C@@H](n2cnc3cnccc3c2=O)C1. The number of hydrogen-bond acceptors (Lipinski definition) is 4. The van der Waals surface area contributed by atoms with Crippen LogP contribution in [0.25, 0.3) is 10.9 Å². The van der Waals surface area contributed by atoms with Gasteiger partial charge in [0.25, 0.3) is 5.56 Å². The highest BCUT2D eigenvalue weighted by Gasteiger charge is 2.35. The van der Waals surface area contributed by atoms with Crippen LogP contribution in [0.1, 0.15) is 31.7 Å². The van der Waals surface area contributed by atoms with Crippen LogP contribution in [-0.2, 0) is 4.79 Å². The molecule has 1 aliphatic carbocycles. The van der Waals surface area contributed by atoms with Gasteiger partial charge in [-0.1, -0.05) is 0 Å². The third-order valence-electron chi connectivity index (χ3n) is 4.61. The van der Waals surface area contributed by atoms with Crippen LogP contribution in [0.4, 0.5) is 0 Å². The van der Waals surface area contributed by atoms with Gasteiger partial charge in [-0.25, -0.2) is 4.98 Å². The second-order valence-corrected chi connectivity index (χ2v) is 6.20. The Hall–Kier alpha value is -2.24. The zero-order chi connectivity index (χ0) is 15.1. The van der Waals surface area contributed by atoms with Crippen LogP contribution >= 0.6 is 0 Å². The third-order valence-corrected chi connectivity index (χ3v) is 4.61. The van der Waals surface area contributed by atoms with Crippen LogP contribution in [0.3, 0.4) is 0 Å². The van der Waals surface area contributed by atoms with Gasteiger partial charge in [-0.05, 0) is 31.7 Å². The minimum atomic E-state index is -0.0434. The highest BCUT2D eigenvalue weighted by Crippen LogP contribution is 2.33. The molecule has 0 spiro atoms. The Labute approximate surface area is 127 Å². The molecule has 114 valence electrons. The van der Waals surface area contributed by atoms with Crippen LogP contribution in [0.15, 0.2) is 29.6 Å². The molecular weight excluding hydrogens is 280 g/mol. The molecule has 4 rings (SSSR count). The van der Waals surface area contributed by atoms with Crippen molar-refractivity contribution in [1.82, 2.24) is 19.4 Å². The number of carbonyl (C=O) groups is 1. The Balaban J connectivity index is 1.64. The van der Waals surface area contributed by atoms with Crippen molar-refractivity contribution in [2.75, 3.05) is 13.1 Å². The first-order valence-corrected chi connectivity index (χ1v) is 7.83. The number of carbonyl (C=O) groups excluding carboxylic acids is 1. The van der Waals surface area contributed by atoms with Gasteiger partial charge in [0.2, 0.25) is 5.91 Å². The predicted molar refractivity (Wildman–Crippen MR) is 81.4 cm³/mol. The number of amides is 1. The molecule has 3 heterocycles. The van der Waals surface area contributed by atoms with Crippen LogP contribution in [0.2, 0.25) is 0 Å². The van der Waals surface area contributed by atoms with E-state index in [9.17, 15) is 9.59 Å². The lowest BCUT2D eigenvalue weighted by atomic mass is 10.0. The number of fused-ring (bicyclic) bond motifs is 1. The van der Waals surface area contributed by atoms with Crippen molar-refractivity contribution in [3.8, 4) is 0 Å². The quantitative estimate of drug-likeness (QED) is 0.839. The lowest BCUT2D eigenvalue weighted by Crippen LogP contribution is -2.43. The Morgan fingerprint density at radius 1 is 1.27 bits per heavy atom. The van der Waals surface area contributed by atoms with E-state index in [2.05, 4.69) is 9.97 Å². The summed E-state index contributed by atoms with van der Waals surface area (Å²) in [5.74, 6) is 0.493. The highest BCUT2D eigenvalue weighted by atomic mass is 16.2. The van der Waals surface area contributed by atoms with Crippen molar-refractivity contribution in [3.63, 3.8) is 0 Å².